The fourth-order valence-electron chi connectivity index (χ4n) is 8.37. The van der Waals surface area contributed by atoms with Gasteiger partial charge in [-0.05, 0) is 72.4 Å². The number of hydrogen-bond acceptors (Lipinski definition) is 10. The van der Waals surface area contributed by atoms with Crippen molar-refractivity contribution >= 4 is 64.7 Å². The van der Waals surface area contributed by atoms with Crippen molar-refractivity contribution in [2.24, 2.45) is 29.6 Å². The molecular formula is C38H33Cl2N3O9. The van der Waals surface area contributed by atoms with Crippen molar-refractivity contribution in [2.75, 3.05) is 26.8 Å². The van der Waals surface area contributed by atoms with Crippen LogP contribution in [0.4, 0.5) is 10.5 Å². The summed E-state index contributed by atoms with van der Waals surface area (Å²) in [6.07, 6.45) is 4.49. The fourth-order valence-corrected chi connectivity index (χ4v) is 8.82. The quantitative estimate of drug-likeness (QED) is 0.217. The second kappa shape index (κ2) is 13.3. The molecule has 4 aliphatic rings. The zero-order chi connectivity index (χ0) is 37.1. The van der Waals surface area contributed by atoms with E-state index in [0.717, 1.165) is 12.1 Å². The largest absolute Gasteiger partial charge is 0.504 e. The Labute approximate surface area is 308 Å². The molecular weight excluding hydrogens is 713 g/mol. The first kappa shape index (κ1) is 35.1. The number of nitrogens with zero attached hydrogens (tertiary/aromatic N) is 2. The van der Waals surface area contributed by atoms with Gasteiger partial charge < -0.3 is 19.3 Å². The van der Waals surface area contributed by atoms with Crippen molar-refractivity contribution < 1.29 is 43.3 Å². The number of hydrogen-bond donors (Lipinski definition) is 2. The highest BCUT2D eigenvalue weighted by Gasteiger charge is 2.70. The molecule has 2 saturated heterocycles. The molecule has 52 heavy (non-hydrogen) atoms. The number of rotatable bonds is 7. The maximum absolute atomic E-state index is 15.2. The Balaban J connectivity index is 1.43. The molecule has 0 spiro atoms. The van der Waals surface area contributed by atoms with Crippen LogP contribution in [0.1, 0.15) is 24.0 Å². The number of amides is 5. The average molecular weight is 747 g/mol. The van der Waals surface area contributed by atoms with E-state index in [0.29, 0.717) is 32.4 Å². The lowest BCUT2D eigenvalue weighted by molar-refractivity contribution is -0.140. The molecule has 5 amide bonds. The zero-order valence-corrected chi connectivity index (χ0v) is 29.7. The summed E-state index contributed by atoms with van der Waals surface area (Å²) in [6.45, 7) is 0. The van der Waals surface area contributed by atoms with Crippen molar-refractivity contribution in [1.29, 1.82) is 0 Å². The molecule has 2 N–H and O–H groups in total. The number of carbonyl (C=O) groups is 5. The second-order valence-electron chi connectivity index (χ2n) is 13.0. The molecule has 0 bridgehead atoms. The van der Waals surface area contributed by atoms with E-state index < -0.39 is 64.7 Å². The molecule has 6 unspecified atom stereocenters. The molecule has 1 saturated carbocycles. The Morgan fingerprint density at radius 1 is 0.923 bits per heavy atom. The predicted octanol–water partition coefficient (Wildman–Crippen LogP) is 6.01. The summed E-state index contributed by atoms with van der Waals surface area (Å²) in [6, 6.07) is 16.3. The topological polar surface area (TPSA) is 152 Å². The molecule has 2 aliphatic heterocycles. The van der Waals surface area contributed by atoms with Gasteiger partial charge in [0.05, 0.1) is 55.2 Å². The van der Waals surface area contributed by atoms with E-state index in [2.05, 4.69) is 5.43 Å². The molecule has 6 atom stereocenters. The zero-order valence-electron chi connectivity index (χ0n) is 28.2. The van der Waals surface area contributed by atoms with Gasteiger partial charge in [-0.1, -0.05) is 65.2 Å². The Morgan fingerprint density at radius 3 is 2.35 bits per heavy atom. The summed E-state index contributed by atoms with van der Waals surface area (Å²) in [4.78, 5) is 70.5. The first-order chi connectivity index (χ1) is 25.0. The fraction of sp³-hybridized carbons (Fsp3) is 0.289. The lowest BCUT2D eigenvalue weighted by Gasteiger charge is -2.49. The number of imide groups is 4. The van der Waals surface area contributed by atoms with E-state index in [1.807, 2.05) is 12.2 Å². The van der Waals surface area contributed by atoms with Gasteiger partial charge >= 0.3 is 6.09 Å². The molecule has 3 aromatic rings. The van der Waals surface area contributed by atoms with Crippen LogP contribution in [-0.4, -0.2) is 66.1 Å². The maximum atomic E-state index is 15.2. The smallest absolute Gasteiger partial charge is 0.423 e. The number of aromatic hydroxyl groups is 1. The monoisotopic (exact) mass is 745 g/mol. The van der Waals surface area contributed by atoms with Crippen molar-refractivity contribution in [2.45, 2.75) is 18.3 Å². The molecule has 0 radical (unpaired) electrons. The van der Waals surface area contributed by atoms with Crippen molar-refractivity contribution in [3.05, 3.63) is 99.6 Å². The van der Waals surface area contributed by atoms with E-state index in [1.165, 1.54) is 26.4 Å². The molecule has 0 aromatic heterocycles. The van der Waals surface area contributed by atoms with Crippen molar-refractivity contribution in [3.8, 4) is 17.2 Å². The Kier molecular flexibility index (Phi) is 9.00. The Bertz CT molecular complexity index is 2080. The van der Waals surface area contributed by atoms with E-state index in [4.69, 9.17) is 37.4 Å². The van der Waals surface area contributed by atoms with Gasteiger partial charge in [0.1, 0.15) is 5.75 Å². The third-order valence-electron chi connectivity index (χ3n) is 10.7. The minimum absolute atomic E-state index is 0.0154. The van der Waals surface area contributed by atoms with Crippen molar-refractivity contribution in [1.82, 2.24) is 9.91 Å². The van der Waals surface area contributed by atoms with Gasteiger partial charge in [-0.15, -0.1) is 0 Å². The van der Waals surface area contributed by atoms with Gasteiger partial charge in [0, 0.05) is 10.9 Å². The standard InChI is InChI=1S/C38H33Cl2N3O9/c1-50-22-9-6-20(7-10-22)38-26(13-4-19-5-15-30(44)31(16-19)51-2)23-11-12-24-32(35(47)42(33(24)45)37(49)52-3)25(23)18-27(38)34(46)43(36(38)48)41-29-14-8-21(39)17-28(29)40/h4-11,13-17,24-27,32,41,44H,12,18H2,1-3H3. The third-order valence-corrected chi connectivity index (χ3v) is 11.2. The van der Waals surface area contributed by atoms with E-state index in [1.54, 1.807) is 54.6 Å². The SMILES string of the molecule is COC(=O)N1C(=O)C2CC=C3C(CC4C(=O)N(Nc5ccc(Cl)cc5Cl)C(=O)C4(c4ccc(OC)cc4)C3C=Cc3ccc(O)c(OC)c3)C2C1=O. The summed E-state index contributed by atoms with van der Waals surface area (Å²) >= 11 is 12.6. The van der Waals surface area contributed by atoms with Gasteiger partial charge in [-0.3, -0.25) is 24.6 Å². The summed E-state index contributed by atoms with van der Waals surface area (Å²) in [5, 5.41) is 11.7. The summed E-state index contributed by atoms with van der Waals surface area (Å²) in [5.41, 5.74) is 3.46. The number of methoxy groups -OCH3 is 3. The molecule has 3 fully saturated rings. The van der Waals surface area contributed by atoms with Crippen molar-refractivity contribution in [3.63, 3.8) is 0 Å². The number of ether oxygens (including phenoxy) is 3. The number of likely N-dealkylation sites (tertiary alicyclic amines) is 1. The summed E-state index contributed by atoms with van der Waals surface area (Å²) < 4.78 is 15.5. The number of phenolic OH excluding ortho intramolecular Hbond substituents is 1. The number of anilines is 1. The third kappa shape index (κ3) is 5.31. The summed E-state index contributed by atoms with van der Waals surface area (Å²) in [5.74, 6) is -6.22. The number of benzene rings is 3. The number of allylic oxidation sites excluding steroid dienone is 3. The van der Waals surface area contributed by atoms with Crippen LogP contribution >= 0.6 is 23.2 Å². The second-order valence-corrected chi connectivity index (χ2v) is 13.9. The Morgan fingerprint density at radius 2 is 1.67 bits per heavy atom. The van der Waals surface area contributed by atoms with E-state index in [9.17, 15) is 24.3 Å². The average Bonchev–Trinajstić information content (AvgIpc) is 3.53. The van der Waals surface area contributed by atoms with Crippen LogP contribution < -0.4 is 14.9 Å². The van der Waals surface area contributed by atoms with Crippen LogP contribution in [0.25, 0.3) is 6.08 Å². The molecule has 268 valence electrons. The number of carbonyl (C=O) groups excluding carboxylic acids is 5. The van der Waals surface area contributed by atoms with Crippen LogP contribution in [-0.2, 0) is 29.3 Å². The van der Waals surface area contributed by atoms with E-state index in [-0.39, 0.29) is 35.1 Å². The van der Waals surface area contributed by atoms with Gasteiger partial charge in [0.2, 0.25) is 11.8 Å². The van der Waals surface area contributed by atoms with Gasteiger partial charge in [-0.25, -0.2) is 4.79 Å². The number of phenols is 1. The highest BCUT2D eigenvalue weighted by atomic mass is 35.5. The minimum Gasteiger partial charge on any atom is -0.504 e. The van der Waals surface area contributed by atoms with Crippen LogP contribution in [0, 0.1) is 29.6 Å². The molecule has 7 rings (SSSR count). The lowest BCUT2D eigenvalue weighted by atomic mass is 9.50. The van der Waals surface area contributed by atoms with Gasteiger partial charge in [0.15, 0.2) is 11.5 Å². The van der Waals surface area contributed by atoms with Crippen LogP contribution in [0.5, 0.6) is 17.2 Å². The van der Waals surface area contributed by atoms with Crippen LogP contribution in [0.3, 0.4) is 0 Å². The number of hydrazine groups is 1. The van der Waals surface area contributed by atoms with Gasteiger partial charge in [-0.2, -0.15) is 9.91 Å². The van der Waals surface area contributed by atoms with Gasteiger partial charge in [0.25, 0.3) is 11.8 Å². The Hall–Kier alpha value is -5.33. The highest BCUT2D eigenvalue weighted by molar-refractivity contribution is 6.36. The lowest BCUT2D eigenvalue weighted by Crippen LogP contribution is -2.54. The summed E-state index contributed by atoms with van der Waals surface area (Å²) in [7, 11) is 4.04. The first-order valence-electron chi connectivity index (χ1n) is 16.4. The van der Waals surface area contributed by atoms with E-state index >= 15 is 4.79 Å². The number of fused-ring (bicyclic) bond motifs is 4. The molecule has 2 aliphatic carbocycles. The number of nitrogens with one attached hydrogen (secondary N) is 1. The van der Waals surface area contributed by atoms with Crippen LogP contribution in [0.2, 0.25) is 10.0 Å². The normalized spacial score (nSPS) is 26.6. The predicted molar refractivity (Wildman–Crippen MR) is 189 cm³/mol. The molecule has 14 heteroatoms. The molecule has 3 aromatic carbocycles. The highest BCUT2D eigenvalue weighted by Crippen LogP contribution is 2.61. The molecule has 12 nitrogen and oxygen atoms in total. The van der Waals surface area contributed by atoms with Crippen LogP contribution in [0.15, 0.2) is 78.4 Å². The first-order valence-corrected chi connectivity index (χ1v) is 17.2. The number of halogens is 2. The maximum Gasteiger partial charge on any atom is 0.423 e. The molecule has 2 heterocycles. The minimum atomic E-state index is -1.56.